The maximum Gasteiger partial charge on any atom is 0.257 e. The zero-order chi connectivity index (χ0) is 17.7. The summed E-state index contributed by atoms with van der Waals surface area (Å²) in [4.78, 5) is 28.1. The predicted molar refractivity (Wildman–Crippen MR) is 95.0 cm³/mol. The molecule has 1 aliphatic heterocycles. The van der Waals surface area contributed by atoms with Gasteiger partial charge in [0.25, 0.3) is 5.91 Å². The molecule has 0 bridgehead atoms. The average molecular weight is 399 g/mol. The zero-order valence-corrected chi connectivity index (χ0v) is 15.8. The van der Waals surface area contributed by atoms with Crippen molar-refractivity contribution in [2.45, 2.75) is 20.0 Å². The van der Waals surface area contributed by atoms with E-state index in [-0.39, 0.29) is 17.9 Å². The van der Waals surface area contributed by atoms with Crippen molar-refractivity contribution in [3.63, 3.8) is 0 Å². The number of ether oxygens (including phenoxy) is 2. The van der Waals surface area contributed by atoms with Gasteiger partial charge in [-0.25, -0.2) is 0 Å². The lowest BCUT2D eigenvalue weighted by molar-refractivity contribution is -0.129. The van der Waals surface area contributed by atoms with Crippen molar-refractivity contribution in [2.75, 3.05) is 38.6 Å². The molecule has 24 heavy (non-hydrogen) atoms. The van der Waals surface area contributed by atoms with Crippen LogP contribution in [0.2, 0.25) is 0 Å². The summed E-state index contributed by atoms with van der Waals surface area (Å²) >= 11 is 3.18. The lowest BCUT2D eigenvalue weighted by Gasteiger charge is -2.35. The van der Waals surface area contributed by atoms with Gasteiger partial charge < -0.3 is 19.3 Å². The third-order valence-electron chi connectivity index (χ3n) is 3.82. The quantitative estimate of drug-likeness (QED) is 0.713. The molecule has 0 aromatic heterocycles. The van der Waals surface area contributed by atoms with Crippen LogP contribution < -0.4 is 9.47 Å². The van der Waals surface area contributed by atoms with E-state index >= 15 is 0 Å². The maximum atomic E-state index is 12.9. The molecule has 7 heteroatoms. The minimum absolute atomic E-state index is 0.0484. The summed E-state index contributed by atoms with van der Waals surface area (Å²) in [7, 11) is 1.56. The van der Waals surface area contributed by atoms with Crippen LogP contribution in [0.15, 0.2) is 18.2 Å². The number of methoxy groups -OCH3 is 1. The molecule has 1 aliphatic rings. The molecule has 0 atom stereocenters. The van der Waals surface area contributed by atoms with Gasteiger partial charge in [0.05, 0.1) is 24.1 Å². The summed E-state index contributed by atoms with van der Waals surface area (Å²) in [5, 5.41) is 0.309. The number of benzene rings is 1. The Morgan fingerprint density at radius 3 is 2.33 bits per heavy atom. The minimum atomic E-state index is -0.101. The van der Waals surface area contributed by atoms with Crippen LogP contribution in [0.1, 0.15) is 24.2 Å². The first-order valence-electron chi connectivity index (χ1n) is 7.94. The SMILES string of the molecule is COc1cccc(C(=O)N2CCN(C(=O)CBr)CC2)c1OC(C)C. The number of carbonyl (C=O) groups excluding carboxylic acids is 2. The van der Waals surface area contributed by atoms with Gasteiger partial charge >= 0.3 is 0 Å². The topological polar surface area (TPSA) is 59.1 Å². The predicted octanol–water partition coefficient (Wildman–Crippen LogP) is 2.16. The highest BCUT2D eigenvalue weighted by atomic mass is 79.9. The summed E-state index contributed by atoms with van der Waals surface area (Å²) in [6.07, 6.45) is -0.0683. The van der Waals surface area contributed by atoms with Crippen LogP contribution >= 0.6 is 15.9 Å². The summed E-state index contributed by atoms with van der Waals surface area (Å²) in [5.41, 5.74) is 0.489. The van der Waals surface area contributed by atoms with Gasteiger partial charge in [-0.15, -0.1) is 0 Å². The molecule has 2 amide bonds. The second kappa shape index (κ2) is 8.37. The number of rotatable bonds is 5. The number of hydrogen-bond donors (Lipinski definition) is 0. The van der Waals surface area contributed by atoms with Crippen molar-refractivity contribution < 1.29 is 19.1 Å². The zero-order valence-electron chi connectivity index (χ0n) is 14.3. The molecule has 6 nitrogen and oxygen atoms in total. The van der Waals surface area contributed by atoms with Crippen molar-refractivity contribution in [3.05, 3.63) is 23.8 Å². The summed E-state index contributed by atoms with van der Waals surface area (Å²) < 4.78 is 11.1. The second-order valence-electron chi connectivity index (χ2n) is 5.81. The van der Waals surface area contributed by atoms with E-state index in [2.05, 4.69) is 15.9 Å². The molecule has 1 fully saturated rings. The number of carbonyl (C=O) groups is 2. The number of halogens is 1. The number of hydrogen-bond acceptors (Lipinski definition) is 4. The molecule has 0 spiro atoms. The van der Waals surface area contributed by atoms with Gasteiger partial charge in [0.2, 0.25) is 5.91 Å². The van der Waals surface area contributed by atoms with Crippen molar-refractivity contribution in [1.29, 1.82) is 0 Å². The van der Waals surface area contributed by atoms with E-state index in [9.17, 15) is 9.59 Å². The normalized spacial score (nSPS) is 14.7. The van der Waals surface area contributed by atoms with E-state index in [0.29, 0.717) is 48.6 Å². The van der Waals surface area contributed by atoms with E-state index in [0.717, 1.165) is 0 Å². The van der Waals surface area contributed by atoms with Gasteiger partial charge in [-0.2, -0.15) is 0 Å². The molecule has 0 saturated carbocycles. The van der Waals surface area contributed by atoms with Crippen LogP contribution in [-0.4, -0.2) is 66.3 Å². The Morgan fingerprint density at radius 2 is 1.79 bits per heavy atom. The number of para-hydroxylation sites is 1. The summed E-state index contributed by atoms with van der Waals surface area (Å²) in [6, 6.07) is 5.31. The lowest BCUT2D eigenvalue weighted by Crippen LogP contribution is -2.51. The lowest BCUT2D eigenvalue weighted by atomic mass is 10.1. The van der Waals surface area contributed by atoms with E-state index in [1.165, 1.54) is 0 Å². The third kappa shape index (κ3) is 4.20. The molecule has 132 valence electrons. The molecule has 0 radical (unpaired) electrons. The molecule has 0 N–H and O–H groups in total. The van der Waals surface area contributed by atoms with E-state index in [4.69, 9.17) is 9.47 Å². The van der Waals surface area contributed by atoms with Gasteiger partial charge in [-0.1, -0.05) is 22.0 Å². The maximum absolute atomic E-state index is 12.9. The van der Waals surface area contributed by atoms with Crippen LogP contribution in [-0.2, 0) is 4.79 Å². The second-order valence-corrected chi connectivity index (χ2v) is 6.37. The first kappa shape index (κ1) is 18.6. The number of nitrogens with zero attached hydrogens (tertiary/aromatic N) is 2. The van der Waals surface area contributed by atoms with E-state index < -0.39 is 0 Å². The van der Waals surface area contributed by atoms with Crippen LogP contribution in [0.4, 0.5) is 0 Å². The van der Waals surface area contributed by atoms with Gasteiger partial charge in [-0.05, 0) is 26.0 Å². The molecule has 0 aliphatic carbocycles. The van der Waals surface area contributed by atoms with Crippen molar-refractivity contribution in [3.8, 4) is 11.5 Å². The molecule has 1 saturated heterocycles. The Labute approximate surface area is 150 Å². The minimum Gasteiger partial charge on any atom is -0.493 e. The molecule has 1 aromatic rings. The Kier molecular flexibility index (Phi) is 6.48. The van der Waals surface area contributed by atoms with Crippen molar-refractivity contribution in [2.24, 2.45) is 0 Å². The molecular formula is C17H23BrN2O4. The highest BCUT2D eigenvalue weighted by Crippen LogP contribution is 2.33. The van der Waals surface area contributed by atoms with Crippen LogP contribution in [0.5, 0.6) is 11.5 Å². The van der Waals surface area contributed by atoms with Gasteiger partial charge in [-0.3, -0.25) is 9.59 Å². The Morgan fingerprint density at radius 1 is 1.17 bits per heavy atom. The third-order valence-corrected chi connectivity index (χ3v) is 4.30. The van der Waals surface area contributed by atoms with Crippen molar-refractivity contribution in [1.82, 2.24) is 9.80 Å². The van der Waals surface area contributed by atoms with E-state index in [1.54, 1.807) is 35.1 Å². The largest absolute Gasteiger partial charge is 0.493 e. The summed E-state index contributed by atoms with van der Waals surface area (Å²) in [6.45, 7) is 5.92. The number of amides is 2. The van der Waals surface area contributed by atoms with Gasteiger partial charge in [0.15, 0.2) is 11.5 Å². The summed E-state index contributed by atoms with van der Waals surface area (Å²) in [5.74, 6) is 0.962. The van der Waals surface area contributed by atoms with E-state index in [1.807, 2.05) is 13.8 Å². The fourth-order valence-electron chi connectivity index (χ4n) is 2.62. The Bertz CT molecular complexity index is 598. The van der Waals surface area contributed by atoms with Gasteiger partial charge in [0.1, 0.15) is 0 Å². The molecule has 1 heterocycles. The van der Waals surface area contributed by atoms with Crippen molar-refractivity contribution >= 4 is 27.7 Å². The Balaban J connectivity index is 2.17. The first-order valence-corrected chi connectivity index (χ1v) is 9.06. The average Bonchev–Trinajstić information content (AvgIpc) is 2.60. The fraction of sp³-hybridized carbons (Fsp3) is 0.529. The molecular weight excluding hydrogens is 376 g/mol. The highest BCUT2D eigenvalue weighted by molar-refractivity contribution is 9.09. The fourth-order valence-corrected chi connectivity index (χ4v) is 2.97. The highest BCUT2D eigenvalue weighted by Gasteiger charge is 2.27. The molecule has 2 rings (SSSR count). The molecule has 1 aromatic carbocycles. The number of piperazine rings is 1. The smallest absolute Gasteiger partial charge is 0.257 e. The Hall–Kier alpha value is -1.76. The van der Waals surface area contributed by atoms with Crippen LogP contribution in [0.3, 0.4) is 0 Å². The molecule has 0 unspecified atom stereocenters. The standard InChI is InChI=1S/C17H23BrN2O4/c1-12(2)24-16-13(5-4-6-14(16)23-3)17(22)20-9-7-19(8-10-20)15(21)11-18/h4-6,12H,7-11H2,1-3H3. The number of alkyl halides is 1. The van der Waals surface area contributed by atoms with Crippen LogP contribution in [0.25, 0.3) is 0 Å². The first-order chi connectivity index (χ1) is 11.5. The monoisotopic (exact) mass is 398 g/mol. The van der Waals surface area contributed by atoms with Gasteiger partial charge in [0, 0.05) is 26.2 Å². The van der Waals surface area contributed by atoms with Crippen LogP contribution in [0, 0.1) is 0 Å².